The lowest BCUT2D eigenvalue weighted by atomic mass is 9.75. The van der Waals surface area contributed by atoms with Crippen LogP contribution >= 0.6 is 0 Å². The van der Waals surface area contributed by atoms with Crippen LogP contribution in [0.15, 0.2) is 106 Å². The minimum Gasteiger partial charge on any atom is -0.457 e. The maximum absolute atomic E-state index is 13.1. The molecule has 0 saturated heterocycles. The van der Waals surface area contributed by atoms with Gasteiger partial charge in [0, 0.05) is 6.92 Å². The molecule has 208 valence electrons. The number of alkyl halides is 2. The molecule has 0 radical (unpaired) electrons. The van der Waals surface area contributed by atoms with Gasteiger partial charge in [-0.15, -0.1) is 0 Å². The van der Waals surface area contributed by atoms with Gasteiger partial charge in [0.15, 0.2) is 14.7 Å². The zero-order valence-corrected chi connectivity index (χ0v) is 23.8. The van der Waals surface area contributed by atoms with Crippen LogP contribution in [0.2, 0.25) is 0 Å². The maximum Gasteiger partial charge on any atom is 0.376 e. The van der Waals surface area contributed by atoms with E-state index in [1.165, 1.54) is 27.5 Å². The van der Waals surface area contributed by atoms with E-state index in [1.54, 1.807) is 0 Å². The van der Waals surface area contributed by atoms with E-state index < -0.39 is 11.9 Å². The molecule has 0 atom stereocenters. The van der Waals surface area contributed by atoms with Gasteiger partial charge < -0.3 is 4.74 Å². The number of rotatable bonds is 7. The molecule has 39 heavy (non-hydrogen) atoms. The molecule has 3 aromatic rings. The first-order valence-corrected chi connectivity index (χ1v) is 15.6. The van der Waals surface area contributed by atoms with Crippen LogP contribution in [0, 0.1) is 11.8 Å². The summed E-state index contributed by atoms with van der Waals surface area (Å²) in [6.45, 7) is 0.633. The van der Waals surface area contributed by atoms with Crippen LogP contribution in [0.4, 0.5) is 8.78 Å². The average molecular weight is 552 g/mol. The van der Waals surface area contributed by atoms with Crippen molar-refractivity contribution in [2.75, 3.05) is 0 Å². The number of ether oxygens (including phenoxy) is 1. The third-order valence-corrected chi connectivity index (χ3v) is 10.00. The Hall–Kier alpha value is -2.66. The maximum atomic E-state index is 13.1. The average Bonchev–Trinajstić information content (AvgIpc) is 2.98. The molecule has 2 nitrogen and oxygen atoms in total. The summed E-state index contributed by atoms with van der Waals surface area (Å²) in [6, 6.07) is 32.2. The highest BCUT2D eigenvalue weighted by Crippen LogP contribution is 2.38. The van der Waals surface area contributed by atoms with Crippen LogP contribution in [0.5, 0.6) is 0 Å². The Morgan fingerprint density at radius 3 is 1.31 bits per heavy atom. The van der Waals surface area contributed by atoms with Crippen molar-refractivity contribution in [1.29, 1.82) is 0 Å². The normalized spacial score (nSPS) is 16.9. The summed E-state index contributed by atoms with van der Waals surface area (Å²) in [5, 5.41) is 0. The summed E-state index contributed by atoms with van der Waals surface area (Å²) in [5.74, 6) is -4.13. The van der Waals surface area contributed by atoms with Gasteiger partial charge in [-0.2, -0.15) is 8.78 Å². The van der Waals surface area contributed by atoms with Crippen LogP contribution in [0.3, 0.4) is 0 Å². The second-order valence-corrected chi connectivity index (χ2v) is 12.8. The molecule has 2 fully saturated rings. The molecule has 2 saturated carbocycles. The molecule has 0 heterocycles. The number of carbonyl (C=O) groups excluding carboxylic acids is 1. The standard InChI is InChI=1S/C18H15S.C16H26F2O2/c1-4-10-16(11-5-1)19(17-12-6-2-7-13-17)18-14-8-3-9-15-18;1-16(17,18)15(19)20-14(12-8-4-2-5-9-12)13-10-6-3-7-11-13/h1-15H;12-14H,2-11H2,1H3/q+1;. The fraction of sp³-hybridized carbons (Fsp3) is 0.441. The van der Waals surface area contributed by atoms with Gasteiger partial charge in [-0.05, 0) is 73.9 Å². The van der Waals surface area contributed by atoms with Crippen LogP contribution in [-0.4, -0.2) is 18.0 Å². The zero-order valence-electron chi connectivity index (χ0n) is 22.9. The Balaban J connectivity index is 0.000000181. The molecule has 0 amide bonds. The minimum atomic E-state index is -3.37. The topological polar surface area (TPSA) is 26.3 Å². The van der Waals surface area contributed by atoms with Gasteiger partial charge in [-0.25, -0.2) is 4.79 Å². The lowest BCUT2D eigenvalue weighted by molar-refractivity contribution is -0.182. The highest BCUT2D eigenvalue weighted by molar-refractivity contribution is 7.97. The lowest BCUT2D eigenvalue weighted by Gasteiger charge is -2.37. The van der Waals surface area contributed by atoms with Crippen molar-refractivity contribution in [3.63, 3.8) is 0 Å². The number of hydrogen-bond donors (Lipinski definition) is 0. The van der Waals surface area contributed by atoms with E-state index in [2.05, 4.69) is 91.0 Å². The van der Waals surface area contributed by atoms with Gasteiger partial charge in [0.05, 0.1) is 10.9 Å². The van der Waals surface area contributed by atoms with E-state index in [1.807, 2.05) is 0 Å². The monoisotopic (exact) mass is 551 g/mol. The predicted octanol–water partition coefficient (Wildman–Crippen LogP) is 9.50. The molecule has 5 rings (SSSR count). The quantitative estimate of drug-likeness (QED) is 0.216. The van der Waals surface area contributed by atoms with Gasteiger partial charge in [0.2, 0.25) is 0 Å². The summed E-state index contributed by atoms with van der Waals surface area (Å²) in [4.78, 5) is 15.7. The molecular weight excluding hydrogens is 510 g/mol. The van der Waals surface area contributed by atoms with Crippen molar-refractivity contribution in [2.45, 2.75) is 97.8 Å². The summed E-state index contributed by atoms with van der Waals surface area (Å²) < 4.78 is 31.6. The molecule has 2 aliphatic carbocycles. The summed E-state index contributed by atoms with van der Waals surface area (Å²) in [5.41, 5.74) is 0. The second-order valence-electron chi connectivity index (χ2n) is 10.8. The van der Waals surface area contributed by atoms with Gasteiger partial charge in [0.1, 0.15) is 6.10 Å². The Kier molecular flexibility index (Phi) is 11.0. The molecule has 0 spiro atoms. The van der Waals surface area contributed by atoms with E-state index >= 15 is 0 Å². The molecule has 0 aromatic heterocycles. The number of halogens is 2. The smallest absolute Gasteiger partial charge is 0.376 e. The Morgan fingerprint density at radius 2 is 1.00 bits per heavy atom. The lowest BCUT2D eigenvalue weighted by Crippen LogP contribution is -2.40. The first kappa shape index (κ1) is 29.3. The molecule has 0 aliphatic heterocycles. The van der Waals surface area contributed by atoms with Gasteiger partial charge in [-0.1, -0.05) is 93.1 Å². The Labute approximate surface area is 235 Å². The highest BCUT2D eigenvalue weighted by atomic mass is 32.2. The summed E-state index contributed by atoms with van der Waals surface area (Å²) >= 11 is 0. The fourth-order valence-electron chi connectivity index (χ4n) is 5.81. The van der Waals surface area contributed by atoms with Crippen molar-refractivity contribution in [2.24, 2.45) is 11.8 Å². The van der Waals surface area contributed by atoms with E-state index in [-0.39, 0.29) is 28.8 Å². The van der Waals surface area contributed by atoms with Crippen LogP contribution in [0.1, 0.15) is 71.1 Å². The van der Waals surface area contributed by atoms with Crippen LogP contribution in [0.25, 0.3) is 0 Å². The Bertz CT molecular complexity index is 994. The number of benzene rings is 3. The number of esters is 1. The summed E-state index contributed by atoms with van der Waals surface area (Å²) in [7, 11) is -0.0146. The summed E-state index contributed by atoms with van der Waals surface area (Å²) in [6.07, 6.45) is 10.7. The number of hydrogen-bond acceptors (Lipinski definition) is 2. The minimum absolute atomic E-state index is 0.0146. The predicted molar refractivity (Wildman–Crippen MR) is 155 cm³/mol. The molecule has 5 heteroatoms. The second kappa shape index (κ2) is 14.6. The first-order chi connectivity index (χ1) is 18.9. The van der Waals surface area contributed by atoms with Crippen molar-refractivity contribution in [1.82, 2.24) is 0 Å². The SMILES string of the molecule is CC(F)(F)C(=O)OC(C1CCCCC1)C1CCCCC1.c1ccc([S+](c2ccccc2)c2ccccc2)cc1. The van der Waals surface area contributed by atoms with Crippen LogP contribution in [-0.2, 0) is 20.4 Å². The van der Waals surface area contributed by atoms with Crippen molar-refractivity contribution in [3.05, 3.63) is 91.0 Å². The molecule has 0 bridgehead atoms. The number of carbonyl (C=O) groups is 1. The van der Waals surface area contributed by atoms with Crippen molar-refractivity contribution >= 4 is 16.9 Å². The Morgan fingerprint density at radius 1 is 0.667 bits per heavy atom. The molecule has 2 aliphatic rings. The first-order valence-electron chi connectivity index (χ1n) is 14.4. The van der Waals surface area contributed by atoms with Crippen LogP contribution < -0.4 is 0 Å². The third-order valence-electron chi connectivity index (χ3n) is 7.77. The van der Waals surface area contributed by atoms with E-state index in [0.717, 1.165) is 51.4 Å². The fourth-order valence-corrected chi connectivity index (χ4v) is 7.91. The van der Waals surface area contributed by atoms with E-state index in [9.17, 15) is 13.6 Å². The van der Waals surface area contributed by atoms with E-state index in [0.29, 0.717) is 6.92 Å². The molecule has 3 aromatic carbocycles. The molecule has 0 unspecified atom stereocenters. The van der Waals surface area contributed by atoms with Gasteiger partial charge in [0.25, 0.3) is 0 Å². The van der Waals surface area contributed by atoms with Crippen molar-refractivity contribution < 1.29 is 18.3 Å². The van der Waals surface area contributed by atoms with Gasteiger partial charge >= 0.3 is 11.9 Å². The van der Waals surface area contributed by atoms with Crippen molar-refractivity contribution in [3.8, 4) is 0 Å². The largest absolute Gasteiger partial charge is 0.457 e. The zero-order chi connectivity index (χ0) is 27.5. The molecule has 0 N–H and O–H groups in total. The van der Waals surface area contributed by atoms with E-state index in [4.69, 9.17) is 4.74 Å². The molecular formula is C34H41F2O2S+. The highest BCUT2D eigenvalue weighted by Gasteiger charge is 2.41. The third kappa shape index (κ3) is 8.66. The van der Waals surface area contributed by atoms with Gasteiger partial charge in [-0.3, -0.25) is 0 Å².